The minimum Gasteiger partial charge on any atom is -0.391 e. The molecule has 6 heteroatoms. The molecule has 0 radical (unpaired) electrons. The number of aliphatic hydroxyl groups excluding tert-OH is 1. The second-order valence-corrected chi connectivity index (χ2v) is 10.3. The van der Waals surface area contributed by atoms with Gasteiger partial charge in [0.2, 0.25) is 0 Å². The van der Waals surface area contributed by atoms with E-state index in [4.69, 9.17) is 27.9 Å². The average molecular weight is 580 g/mol. The first-order valence-corrected chi connectivity index (χ1v) is 14.7. The van der Waals surface area contributed by atoms with Crippen LogP contribution in [0.1, 0.15) is 22.3 Å². The summed E-state index contributed by atoms with van der Waals surface area (Å²) in [5.74, 6) is 0.931. The molecular weight excluding hydrogens is 539 g/mol. The molecule has 5 rings (SSSR count). The number of aliphatic hydroxyl groups is 1. The maximum Gasteiger partial charge on any atom is 0.0944 e. The van der Waals surface area contributed by atoms with Crippen molar-refractivity contribution in [1.29, 1.82) is 0 Å². The fourth-order valence-corrected chi connectivity index (χ4v) is 4.19. The smallest absolute Gasteiger partial charge is 0.0944 e. The van der Waals surface area contributed by atoms with E-state index in [1.807, 2.05) is 48.5 Å². The largest absolute Gasteiger partial charge is 0.391 e. The van der Waals surface area contributed by atoms with Crippen molar-refractivity contribution in [3.05, 3.63) is 144 Å². The number of nitrogens with zero attached hydrogens (tertiary/aromatic N) is 1. The highest BCUT2D eigenvalue weighted by Gasteiger charge is 2.19. The molecule has 1 heterocycles. The van der Waals surface area contributed by atoms with E-state index < -0.39 is 6.10 Å². The summed E-state index contributed by atoms with van der Waals surface area (Å²) in [6.07, 6.45) is -0.0965. The van der Waals surface area contributed by atoms with Crippen LogP contribution < -0.4 is 5.32 Å². The lowest BCUT2D eigenvalue weighted by Gasteiger charge is -2.24. The Morgan fingerprint density at radius 2 is 1.05 bits per heavy atom. The van der Waals surface area contributed by atoms with Gasteiger partial charge in [0.25, 0.3) is 0 Å². The molecule has 1 fully saturated rings. The fraction of sp³-hybridized carbons (Fsp3) is 0.294. The molecule has 1 aliphatic rings. The third-order valence-corrected chi connectivity index (χ3v) is 6.76. The van der Waals surface area contributed by atoms with E-state index in [2.05, 4.69) is 83.0 Å². The average Bonchev–Trinajstić information content (AvgIpc) is 3.85. The molecule has 2 atom stereocenters. The van der Waals surface area contributed by atoms with Gasteiger partial charge in [0.1, 0.15) is 0 Å². The number of hydrogen-bond donors (Lipinski definition) is 2. The van der Waals surface area contributed by atoms with Crippen molar-refractivity contribution in [2.75, 3.05) is 24.9 Å². The third-order valence-electron chi connectivity index (χ3n) is 6.06. The summed E-state index contributed by atoms with van der Waals surface area (Å²) in [4.78, 5) is 2.22. The number of halogens is 2. The van der Waals surface area contributed by atoms with Gasteiger partial charge in [-0.25, -0.2) is 0 Å². The Bertz CT molecular complexity index is 1070. The first kappa shape index (κ1) is 31.8. The van der Waals surface area contributed by atoms with Gasteiger partial charge in [-0.2, -0.15) is 0 Å². The molecule has 40 heavy (non-hydrogen) atoms. The second kappa shape index (κ2) is 19.4. The monoisotopic (exact) mass is 578 g/mol. The number of hydrogen-bond acceptors (Lipinski definition) is 4. The highest BCUT2D eigenvalue weighted by Crippen LogP contribution is 2.11. The number of ether oxygens (including phenoxy) is 1. The van der Waals surface area contributed by atoms with Crippen molar-refractivity contribution < 1.29 is 9.84 Å². The molecule has 0 amide bonds. The van der Waals surface area contributed by atoms with Crippen molar-refractivity contribution in [2.24, 2.45) is 0 Å². The molecule has 4 aromatic carbocycles. The minimum absolute atomic E-state index is 0.264. The Morgan fingerprint density at radius 3 is 1.35 bits per heavy atom. The molecule has 0 unspecified atom stereocenters. The summed E-state index contributed by atoms with van der Waals surface area (Å²) in [7, 11) is 0. The predicted molar refractivity (Wildman–Crippen MR) is 168 cm³/mol. The molecule has 1 aliphatic heterocycles. The van der Waals surface area contributed by atoms with Crippen molar-refractivity contribution in [3.63, 3.8) is 0 Å². The van der Waals surface area contributed by atoms with Crippen molar-refractivity contribution in [3.8, 4) is 0 Å². The van der Waals surface area contributed by atoms with Crippen LogP contribution in [0.5, 0.6) is 0 Å². The van der Waals surface area contributed by atoms with Gasteiger partial charge in [-0.3, -0.25) is 4.90 Å². The topological polar surface area (TPSA) is 48.0 Å². The quantitative estimate of drug-likeness (QED) is 0.142. The molecule has 4 nitrogen and oxygen atoms in total. The molecule has 2 N–H and O–H groups in total. The lowest BCUT2D eigenvalue weighted by Crippen LogP contribution is -2.32. The maximum absolute atomic E-state index is 9.81. The van der Waals surface area contributed by atoms with E-state index in [0.717, 1.165) is 32.8 Å². The number of nitrogens with one attached hydrogen (secondary N) is 1. The van der Waals surface area contributed by atoms with E-state index in [1.165, 1.54) is 22.3 Å². The summed E-state index contributed by atoms with van der Waals surface area (Å²) in [5, 5.41) is 13.2. The van der Waals surface area contributed by atoms with Crippen LogP contribution in [0.2, 0.25) is 0 Å². The van der Waals surface area contributed by atoms with Crippen molar-refractivity contribution in [1.82, 2.24) is 10.2 Å². The van der Waals surface area contributed by atoms with E-state index in [-0.39, 0.29) is 5.88 Å². The molecule has 0 spiro atoms. The van der Waals surface area contributed by atoms with Crippen molar-refractivity contribution >= 4 is 23.2 Å². The van der Waals surface area contributed by atoms with Crippen LogP contribution in [0.3, 0.4) is 0 Å². The van der Waals surface area contributed by atoms with E-state index >= 15 is 0 Å². The molecule has 1 saturated heterocycles. The molecule has 0 bridgehead atoms. The molecular formula is C34H40Cl2N2O2. The number of alkyl halides is 2. The summed E-state index contributed by atoms with van der Waals surface area (Å²) >= 11 is 11.0. The Morgan fingerprint density at radius 1 is 0.675 bits per heavy atom. The van der Waals surface area contributed by atoms with Gasteiger partial charge < -0.3 is 15.2 Å². The maximum atomic E-state index is 9.81. The Hall–Kier alpha value is -2.70. The first-order valence-electron chi connectivity index (χ1n) is 13.7. The fourth-order valence-electron chi connectivity index (χ4n) is 3.92. The number of benzene rings is 4. The first-order chi connectivity index (χ1) is 19.7. The van der Waals surface area contributed by atoms with Crippen LogP contribution in [-0.4, -0.2) is 47.1 Å². The minimum atomic E-state index is -0.496. The molecule has 0 aliphatic carbocycles. The molecule has 212 valence electrons. The Balaban J connectivity index is 0.000000192. The predicted octanol–water partition coefficient (Wildman–Crippen LogP) is 6.89. The zero-order valence-corrected chi connectivity index (χ0v) is 24.4. The zero-order chi connectivity index (χ0) is 28.3. The number of rotatable bonds is 12. The Kier molecular flexibility index (Phi) is 15.4. The van der Waals surface area contributed by atoms with Gasteiger partial charge in [-0.05, 0) is 22.3 Å². The highest BCUT2D eigenvalue weighted by molar-refractivity contribution is 6.18. The normalized spacial score (nSPS) is 14.3. The van der Waals surface area contributed by atoms with Gasteiger partial charge >= 0.3 is 0 Å². The number of epoxide rings is 1. The summed E-state index contributed by atoms with van der Waals surface area (Å²) in [5.41, 5.74) is 5.14. The zero-order valence-electron chi connectivity index (χ0n) is 22.9. The standard InChI is InChI=1S/C17H20ClNO.C14H15N.C3H5ClO/c18-11-17(20)14-19(12-15-7-3-1-4-8-15)13-16-9-5-2-6-10-16;1-3-7-13(8-4-1)11-15-12-14-9-5-2-6-10-14;4-1-3-2-5-3/h1-10,17,20H,11-14H2;1-10,15H,11-12H2;3H,1-2H2/t17-;;3-/m1.1/s1. The molecule has 0 saturated carbocycles. The van der Waals surface area contributed by atoms with Crippen LogP contribution in [0.4, 0.5) is 0 Å². The summed E-state index contributed by atoms with van der Waals surface area (Å²) in [6.45, 7) is 4.93. The van der Waals surface area contributed by atoms with Gasteiger partial charge in [-0.15, -0.1) is 23.2 Å². The third kappa shape index (κ3) is 14.1. The van der Waals surface area contributed by atoms with Crippen LogP contribution in [0, 0.1) is 0 Å². The van der Waals surface area contributed by atoms with Crippen molar-refractivity contribution in [2.45, 2.75) is 38.4 Å². The van der Waals surface area contributed by atoms with Crippen LogP contribution in [0.25, 0.3) is 0 Å². The van der Waals surface area contributed by atoms with E-state index in [1.54, 1.807) is 0 Å². The van der Waals surface area contributed by atoms with E-state index in [0.29, 0.717) is 18.5 Å². The SMILES string of the molecule is ClC[C@@H]1CO1.O[C@H](CCl)CN(Cc1ccccc1)Cc1ccccc1.c1ccc(CNCc2ccccc2)cc1. The van der Waals surface area contributed by atoms with Crippen LogP contribution >= 0.6 is 23.2 Å². The lowest BCUT2D eigenvalue weighted by atomic mass is 10.1. The summed E-state index contributed by atoms with van der Waals surface area (Å²) < 4.78 is 4.73. The van der Waals surface area contributed by atoms with Gasteiger partial charge in [0.15, 0.2) is 0 Å². The molecule has 0 aromatic heterocycles. The highest BCUT2D eigenvalue weighted by atomic mass is 35.5. The Labute approximate surface area is 249 Å². The van der Waals surface area contributed by atoms with Gasteiger partial charge in [-0.1, -0.05) is 121 Å². The molecule has 4 aromatic rings. The second-order valence-electron chi connectivity index (χ2n) is 9.63. The van der Waals surface area contributed by atoms with Gasteiger partial charge in [0, 0.05) is 38.6 Å². The van der Waals surface area contributed by atoms with E-state index in [9.17, 15) is 5.11 Å². The van der Waals surface area contributed by atoms with Crippen LogP contribution in [-0.2, 0) is 30.9 Å². The summed E-state index contributed by atoms with van der Waals surface area (Å²) in [6, 6.07) is 41.5. The van der Waals surface area contributed by atoms with Crippen LogP contribution in [0.15, 0.2) is 121 Å². The lowest BCUT2D eigenvalue weighted by molar-refractivity contribution is 0.120. The van der Waals surface area contributed by atoms with Gasteiger partial charge in [0.05, 0.1) is 24.7 Å².